The second-order valence-electron chi connectivity index (χ2n) is 8.13. The lowest BCUT2D eigenvalue weighted by Crippen LogP contribution is -2.24. The van der Waals surface area contributed by atoms with Crippen LogP contribution in [0, 0.1) is 0 Å². The number of nitrogens with one attached hydrogen (secondary N) is 1. The molecule has 2 heterocycles. The monoisotopic (exact) mass is 420 g/mol. The van der Waals surface area contributed by atoms with E-state index in [-0.39, 0.29) is 11.6 Å². The molecule has 1 aliphatic heterocycles. The zero-order valence-electron chi connectivity index (χ0n) is 18.2. The highest BCUT2D eigenvalue weighted by molar-refractivity contribution is 6.04. The van der Waals surface area contributed by atoms with Gasteiger partial charge in [-0.15, -0.1) is 0 Å². The molecule has 0 fully saturated rings. The molecule has 1 aliphatic rings. The first kappa shape index (κ1) is 20.7. The summed E-state index contributed by atoms with van der Waals surface area (Å²) in [5.74, 6) is 0.646. The number of amides is 1. The number of methoxy groups -OCH3 is 2. The third-order valence-electron chi connectivity index (χ3n) is 5.21. The fourth-order valence-electron chi connectivity index (χ4n) is 3.97. The number of hydrogen-bond donors (Lipinski definition) is 1. The van der Waals surface area contributed by atoms with E-state index in [1.807, 2.05) is 32.0 Å². The molecule has 0 unspecified atom stereocenters. The Morgan fingerprint density at radius 1 is 1.13 bits per heavy atom. The minimum absolute atomic E-state index is 0.145. The summed E-state index contributed by atoms with van der Waals surface area (Å²) in [6, 6.07) is 10.9. The molecule has 0 saturated heterocycles. The van der Waals surface area contributed by atoms with E-state index in [1.165, 1.54) is 14.0 Å². The minimum Gasteiger partial charge on any atom is -0.493 e. The lowest BCUT2D eigenvalue weighted by molar-refractivity contribution is -0.114. The Hall–Kier alpha value is -3.61. The lowest BCUT2D eigenvalue weighted by Gasteiger charge is -2.17. The number of hydrogen-bond acceptors (Lipinski definition) is 6. The Morgan fingerprint density at radius 2 is 1.84 bits per heavy atom. The number of ether oxygens (including phenoxy) is 3. The number of nitrogens with zero attached hydrogens (tertiary/aromatic N) is 1. The predicted molar refractivity (Wildman–Crippen MR) is 118 cm³/mol. The maximum Gasteiger partial charge on any atom is 0.356 e. The van der Waals surface area contributed by atoms with E-state index < -0.39 is 11.6 Å². The number of pyridine rings is 1. The van der Waals surface area contributed by atoms with E-state index in [0.717, 1.165) is 21.9 Å². The summed E-state index contributed by atoms with van der Waals surface area (Å²) in [7, 11) is 2.93. The van der Waals surface area contributed by atoms with E-state index in [4.69, 9.17) is 14.2 Å². The summed E-state index contributed by atoms with van der Waals surface area (Å²) < 4.78 is 16.7. The highest BCUT2D eigenvalue weighted by atomic mass is 16.5. The van der Waals surface area contributed by atoms with Crippen LogP contribution in [0.1, 0.15) is 36.8 Å². The van der Waals surface area contributed by atoms with Gasteiger partial charge in [-0.2, -0.15) is 0 Å². The van der Waals surface area contributed by atoms with Crippen LogP contribution in [0.25, 0.3) is 22.0 Å². The van der Waals surface area contributed by atoms with Crippen molar-refractivity contribution in [2.75, 3.05) is 19.5 Å². The zero-order valence-corrected chi connectivity index (χ0v) is 18.2. The van der Waals surface area contributed by atoms with Crippen molar-refractivity contribution in [3.05, 3.63) is 47.7 Å². The molecule has 1 amide bonds. The van der Waals surface area contributed by atoms with Gasteiger partial charge in [-0.1, -0.05) is 12.1 Å². The molecular formula is C24H24N2O5. The van der Waals surface area contributed by atoms with Gasteiger partial charge < -0.3 is 19.5 Å². The zero-order chi connectivity index (χ0) is 22.3. The van der Waals surface area contributed by atoms with Crippen molar-refractivity contribution in [3.63, 3.8) is 0 Å². The van der Waals surface area contributed by atoms with Gasteiger partial charge in [-0.3, -0.25) is 4.79 Å². The average Bonchev–Trinajstić information content (AvgIpc) is 3.06. The van der Waals surface area contributed by atoms with Crippen molar-refractivity contribution in [3.8, 4) is 22.8 Å². The van der Waals surface area contributed by atoms with Crippen molar-refractivity contribution >= 4 is 28.3 Å². The highest BCUT2D eigenvalue weighted by Gasteiger charge is 2.35. The molecule has 0 saturated carbocycles. The van der Waals surface area contributed by atoms with Crippen LogP contribution < -0.4 is 14.8 Å². The van der Waals surface area contributed by atoms with Gasteiger partial charge in [-0.25, -0.2) is 9.78 Å². The highest BCUT2D eigenvalue weighted by Crippen LogP contribution is 2.48. The second-order valence-corrected chi connectivity index (χ2v) is 8.13. The predicted octanol–water partition coefficient (Wildman–Crippen LogP) is 4.37. The quantitative estimate of drug-likeness (QED) is 0.631. The van der Waals surface area contributed by atoms with Crippen molar-refractivity contribution in [1.82, 2.24) is 4.98 Å². The van der Waals surface area contributed by atoms with Crippen LogP contribution in [0.15, 0.2) is 36.4 Å². The topological polar surface area (TPSA) is 86.8 Å². The summed E-state index contributed by atoms with van der Waals surface area (Å²) in [6.07, 6.45) is 0.673. The molecule has 0 bridgehead atoms. The van der Waals surface area contributed by atoms with E-state index in [9.17, 15) is 9.59 Å². The largest absolute Gasteiger partial charge is 0.493 e. The number of esters is 1. The van der Waals surface area contributed by atoms with E-state index >= 15 is 0 Å². The number of rotatable bonds is 4. The van der Waals surface area contributed by atoms with Crippen molar-refractivity contribution in [2.45, 2.75) is 32.8 Å². The van der Waals surface area contributed by atoms with Gasteiger partial charge in [0.1, 0.15) is 11.3 Å². The molecule has 1 aromatic heterocycles. The van der Waals surface area contributed by atoms with Crippen LogP contribution >= 0.6 is 0 Å². The molecule has 1 N–H and O–H groups in total. The summed E-state index contributed by atoms with van der Waals surface area (Å²) in [5, 5.41) is 4.47. The maximum atomic E-state index is 12.3. The number of carbonyl (C=O) groups excluding carboxylic acids is 2. The van der Waals surface area contributed by atoms with Gasteiger partial charge in [0.25, 0.3) is 0 Å². The van der Waals surface area contributed by atoms with Crippen LogP contribution in [0.5, 0.6) is 11.5 Å². The molecule has 7 heteroatoms. The van der Waals surface area contributed by atoms with Gasteiger partial charge >= 0.3 is 5.97 Å². The molecule has 4 rings (SSSR count). The van der Waals surface area contributed by atoms with Gasteiger partial charge in [-0.05, 0) is 43.5 Å². The second kappa shape index (κ2) is 7.58. The summed E-state index contributed by atoms with van der Waals surface area (Å²) >= 11 is 0. The van der Waals surface area contributed by atoms with Gasteiger partial charge in [0.2, 0.25) is 5.91 Å². The summed E-state index contributed by atoms with van der Waals surface area (Å²) in [6.45, 7) is 5.51. The number of carbonyl (C=O) groups is 2. The summed E-state index contributed by atoms with van der Waals surface area (Å²) in [4.78, 5) is 28.3. The minimum atomic E-state index is -0.519. The lowest BCUT2D eigenvalue weighted by atomic mass is 9.93. The van der Waals surface area contributed by atoms with E-state index in [2.05, 4.69) is 10.3 Å². The normalized spacial score (nSPS) is 14.0. The smallest absolute Gasteiger partial charge is 0.356 e. The molecule has 2 aromatic carbocycles. The first-order chi connectivity index (χ1) is 14.7. The SMILES string of the molecule is COC(=O)c1cc2cc(OC)c3c(c2c(-c2ccc(NC(C)=O)cc2)n1)CC(C)(C)O3. The average molecular weight is 420 g/mol. The third-order valence-corrected chi connectivity index (χ3v) is 5.21. The Bertz CT molecular complexity index is 1200. The Labute approximate surface area is 180 Å². The molecule has 3 aromatic rings. The number of anilines is 1. The summed E-state index contributed by atoms with van der Waals surface area (Å²) in [5.41, 5.74) is 2.94. The van der Waals surface area contributed by atoms with Crippen molar-refractivity contribution < 1.29 is 23.8 Å². The number of benzene rings is 2. The Balaban J connectivity index is 1.99. The molecule has 0 atom stereocenters. The van der Waals surface area contributed by atoms with Crippen LogP contribution in [0.4, 0.5) is 5.69 Å². The molecule has 31 heavy (non-hydrogen) atoms. The molecule has 0 radical (unpaired) electrons. The first-order valence-electron chi connectivity index (χ1n) is 9.92. The van der Waals surface area contributed by atoms with Crippen LogP contribution in [0.2, 0.25) is 0 Å². The van der Waals surface area contributed by atoms with Gasteiger partial charge in [0.15, 0.2) is 11.5 Å². The fraction of sp³-hybridized carbons (Fsp3) is 0.292. The molecule has 0 spiro atoms. The van der Waals surface area contributed by atoms with Crippen molar-refractivity contribution in [2.24, 2.45) is 0 Å². The van der Waals surface area contributed by atoms with Crippen LogP contribution in [-0.2, 0) is 16.0 Å². The van der Waals surface area contributed by atoms with Gasteiger partial charge in [0, 0.05) is 35.5 Å². The molecule has 0 aliphatic carbocycles. The van der Waals surface area contributed by atoms with E-state index in [0.29, 0.717) is 29.3 Å². The van der Waals surface area contributed by atoms with Crippen LogP contribution in [-0.4, -0.2) is 36.7 Å². The molecular weight excluding hydrogens is 396 g/mol. The van der Waals surface area contributed by atoms with Gasteiger partial charge in [0.05, 0.1) is 19.9 Å². The van der Waals surface area contributed by atoms with Crippen molar-refractivity contribution in [1.29, 1.82) is 0 Å². The Kier molecular flexibility index (Phi) is 5.05. The number of aromatic nitrogens is 1. The molecule has 7 nitrogen and oxygen atoms in total. The van der Waals surface area contributed by atoms with Crippen LogP contribution in [0.3, 0.4) is 0 Å². The molecule has 160 valence electrons. The maximum absolute atomic E-state index is 12.3. The fourth-order valence-corrected chi connectivity index (χ4v) is 3.97. The first-order valence-corrected chi connectivity index (χ1v) is 9.92. The standard InChI is InChI=1S/C24H24N2O5/c1-13(27)25-16-8-6-14(7-9-16)21-20-15(10-18(26-21)23(28)30-5)11-19(29-4)22-17(20)12-24(2,3)31-22/h6-11H,12H2,1-5H3,(H,25,27). The number of fused-ring (bicyclic) bond motifs is 3. The Morgan fingerprint density at radius 3 is 2.45 bits per heavy atom. The third kappa shape index (κ3) is 3.79. The van der Waals surface area contributed by atoms with E-state index in [1.54, 1.807) is 25.3 Å².